The number of ether oxygens (including phenoxy) is 1. The monoisotopic (exact) mass is 1200 g/mol. The highest BCUT2D eigenvalue weighted by molar-refractivity contribution is 5.99. The van der Waals surface area contributed by atoms with E-state index in [0.29, 0.717) is 0 Å². The van der Waals surface area contributed by atoms with Crippen molar-refractivity contribution in [3.8, 4) is 0 Å². The number of methoxy groups -OCH3 is 1. The first kappa shape index (κ1) is 76.8. The molecule has 0 aromatic carbocycles. The highest BCUT2D eigenvalue weighted by atomic mass is 16.5. The smallest absolute Gasteiger partial charge is 0.305 e. The number of carbonyl (C=O) groups is 12. The minimum atomic E-state index is -1.94. The highest BCUT2D eigenvalue weighted by Crippen LogP contribution is 2.27. The van der Waals surface area contributed by atoms with E-state index >= 15 is 0 Å². The Bertz CT molecular complexity index is 2330. The Morgan fingerprint density at radius 2 is 0.953 bits per heavy atom. The number of rotatable bonds is 14. The topological polar surface area (TPSA) is 302 Å². The van der Waals surface area contributed by atoms with Gasteiger partial charge in [-0.25, -0.2) is 0 Å². The molecular formula is C61H108N10O14. The Balaban J connectivity index is 4.24. The fraction of sp³-hybridized carbons (Fsp3) is 0.803. The lowest BCUT2D eigenvalue weighted by molar-refractivity contribution is -0.160. The Labute approximate surface area is 506 Å². The summed E-state index contributed by atoms with van der Waals surface area (Å²) in [6, 6.07) is -9.55. The number of likely N-dealkylation sites (N-methyl/N-ethyl adjacent to an activating group) is 6. The quantitative estimate of drug-likeness (QED) is 0.156. The lowest BCUT2D eigenvalue weighted by atomic mass is 9.85. The average molecular weight is 1210 g/mol. The molecule has 1 aliphatic heterocycles. The summed E-state index contributed by atoms with van der Waals surface area (Å²) in [5.74, 6) is -13.6. The van der Waals surface area contributed by atoms with Crippen molar-refractivity contribution in [1.29, 1.82) is 0 Å². The lowest BCUT2D eigenvalue weighted by Crippen LogP contribution is -2.61. The van der Waals surface area contributed by atoms with E-state index in [2.05, 4.69) is 21.3 Å². The van der Waals surface area contributed by atoms with Crippen molar-refractivity contribution >= 4 is 70.8 Å². The number of aliphatic hydroxyl groups is 1. The molecule has 0 spiro atoms. The van der Waals surface area contributed by atoms with Crippen molar-refractivity contribution in [2.75, 3.05) is 55.9 Å². The van der Waals surface area contributed by atoms with Crippen LogP contribution in [0, 0.1) is 53.3 Å². The summed E-state index contributed by atoms with van der Waals surface area (Å²) >= 11 is 0. The molecule has 1 rings (SSSR count). The van der Waals surface area contributed by atoms with Crippen LogP contribution in [0.1, 0.15) is 156 Å². The van der Waals surface area contributed by atoms with Crippen LogP contribution in [0.25, 0.3) is 0 Å². The van der Waals surface area contributed by atoms with Gasteiger partial charge in [-0.05, 0) is 81.0 Å². The highest BCUT2D eigenvalue weighted by Gasteiger charge is 2.45. The number of hydrogen-bond acceptors (Lipinski definition) is 14. The van der Waals surface area contributed by atoms with Crippen LogP contribution in [-0.2, 0) is 62.3 Å². The van der Waals surface area contributed by atoms with Gasteiger partial charge in [-0.3, -0.25) is 57.5 Å². The molecule has 1 aliphatic rings. The van der Waals surface area contributed by atoms with Crippen molar-refractivity contribution < 1.29 is 67.4 Å². The SMILES string of the molecule is CCC1NC(=O)C(CCC(=O)OC)C(O)N(C)C(=O)C(C(C)C)N(C)C(=O)C(CC(C)C)N(C)C(=O)C(CC(C)C)N(C)C(=O)CNC(=O)C(C)NC(=O)C(CC(C)C)N(C)C(=O)C(C(C)C)NC(=O)C(CC(C)C)N(C)C(=O)C(C)C(C)C1=O. The fourth-order valence-electron chi connectivity index (χ4n) is 10.6. The van der Waals surface area contributed by atoms with Crippen LogP contribution < -0.4 is 21.3 Å². The van der Waals surface area contributed by atoms with Crippen molar-refractivity contribution in [3.05, 3.63) is 0 Å². The summed E-state index contributed by atoms with van der Waals surface area (Å²) in [6.07, 6.45) is -2.08. The second-order valence-electron chi connectivity index (χ2n) is 25.8. The van der Waals surface area contributed by atoms with Gasteiger partial charge in [-0.1, -0.05) is 104 Å². The van der Waals surface area contributed by atoms with Gasteiger partial charge in [0.15, 0.2) is 5.78 Å². The molecule has 1 fully saturated rings. The van der Waals surface area contributed by atoms with E-state index in [1.54, 1.807) is 34.6 Å². The predicted octanol–water partition coefficient (Wildman–Crippen LogP) is 2.82. The summed E-state index contributed by atoms with van der Waals surface area (Å²) < 4.78 is 4.85. The molecule has 24 heteroatoms. The predicted molar refractivity (Wildman–Crippen MR) is 322 cm³/mol. The summed E-state index contributed by atoms with van der Waals surface area (Å²) in [7, 11) is 9.48. The maximum absolute atomic E-state index is 14.9. The molecule has 0 saturated carbocycles. The molecule has 12 unspecified atom stereocenters. The molecule has 12 atom stereocenters. The molecule has 0 aliphatic carbocycles. The molecule has 0 radical (unpaired) electrons. The summed E-state index contributed by atoms with van der Waals surface area (Å²) in [6.45, 7) is 27.1. The number of Topliss-reactive ketones (excluding diaryl/α,β-unsaturated/α-hetero) is 1. The van der Waals surface area contributed by atoms with Crippen molar-refractivity contribution in [2.45, 2.75) is 210 Å². The second-order valence-corrected chi connectivity index (χ2v) is 25.8. The maximum atomic E-state index is 14.9. The molecule has 10 amide bonds. The average Bonchev–Trinajstić information content (AvgIpc) is 3.63. The van der Waals surface area contributed by atoms with E-state index in [-0.39, 0.29) is 68.6 Å². The fourth-order valence-corrected chi connectivity index (χ4v) is 10.6. The molecule has 0 bridgehead atoms. The zero-order valence-corrected chi connectivity index (χ0v) is 55.5. The zero-order valence-electron chi connectivity index (χ0n) is 55.5. The molecule has 486 valence electrons. The van der Waals surface area contributed by atoms with E-state index in [0.717, 1.165) is 12.0 Å². The molecular weight excluding hydrogens is 1100 g/mol. The molecule has 0 aromatic heterocycles. The minimum Gasteiger partial charge on any atom is -0.469 e. The Morgan fingerprint density at radius 3 is 1.40 bits per heavy atom. The van der Waals surface area contributed by atoms with Crippen LogP contribution in [0.3, 0.4) is 0 Å². The van der Waals surface area contributed by atoms with Gasteiger partial charge >= 0.3 is 5.97 Å². The van der Waals surface area contributed by atoms with Crippen LogP contribution in [0.4, 0.5) is 0 Å². The third kappa shape index (κ3) is 21.6. The van der Waals surface area contributed by atoms with Gasteiger partial charge in [-0.15, -0.1) is 0 Å². The molecule has 24 nitrogen and oxygen atoms in total. The van der Waals surface area contributed by atoms with Crippen molar-refractivity contribution in [1.82, 2.24) is 50.7 Å². The van der Waals surface area contributed by atoms with Crippen LogP contribution in [0.15, 0.2) is 0 Å². The van der Waals surface area contributed by atoms with Gasteiger partial charge < -0.3 is 60.5 Å². The zero-order chi connectivity index (χ0) is 66.0. The van der Waals surface area contributed by atoms with Crippen LogP contribution in [0.5, 0.6) is 0 Å². The normalized spacial score (nSPS) is 27.8. The van der Waals surface area contributed by atoms with E-state index in [4.69, 9.17) is 4.74 Å². The summed E-state index contributed by atoms with van der Waals surface area (Å²) in [5, 5.41) is 22.9. The Morgan fingerprint density at radius 1 is 0.518 bits per heavy atom. The van der Waals surface area contributed by atoms with Crippen molar-refractivity contribution in [3.63, 3.8) is 0 Å². The van der Waals surface area contributed by atoms with Gasteiger partial charge in [0.1, 0.15) is 48.5 Å². The largest absolute Gasteiger partial charge is 0.469 e. The first-order valence-electron chi connectivity index (χ1n) is 30.3. The number of amides is 10. The van der Waals surface area contributed by atoms with Gasteiger partial charge in [0.2, 0.25) is 59.1 Å². The first-order valence-corrected chi connectivity index (χ1v) is 30.3. The molecule has 85 heavy (non-hydrogen) atoms. The van der Waals surface area contributed by atoms with Crippen LogP contribution in [0.2, 0.25) is 0 Å². The van der Waals surface area contributed by atoms with Crippen LogP contribution >= 0.6 is 0 Å². The van der Waals surface area contributed by atoms with E-state index < -0.39 is 162 Å². The van der Waals surface area contributed by atoms with Crippen LogP contribution in [-0.4, -0.2) is 216 Å². The summed E-state index contributed by atoms with van der Waals surface area (Å²) in [5.41, 5.74) is 0. The number of aliphatic hydroxyl groups excluding tert-OH is 1. The molecule has 5 N–H and O–H groups in total. The molecule has 1 saturated heterocycles. The number of ketones is 1. The number of esters is 1. The lowest BCUT2D eigenvalue weighted by Gasteiger charge is -2.40. The van der Waals surface area contributed by atoms with Gasteiger partial charge in [0.05, 0.1) is 25.6 Å². The van der Waals surface area contributed by atoms with E-state index in [1.165, 1.54) is 87.6 Å². The van der Waals surface area contributed by atoms with E-state index in [9.17, 15) is 62.6 Å². The third-order valence-corrected chi connectivity index (χ3v) is 16.3. The first-order chi connectivity index (χ1) is 39.2. The van der Waals surface area contributed by atoms with Gasteiger partial charge in [0.25, 0.3) is 0 Å². The number of carbonyl (C=O) groups excluding carboxylic acids is 12. The Hall–Kier alpha value is -6.20. The molecule has 0 aromatic rings. The van der Waals surface area contributed by atoms with E-state index in [1.807, 2.05) is 55.4 Å². The van der Waals surface area contributed by atoms with Gasteiger partial charge in [0, 0.05) is 60.5 Å². The minimum absolute atomic E-state index is 0.0212. The molecule has 1 heterocycles. The maximum Gasteiger partial charge on any atom is 0.305 e. The summed E-state index contributed by atoms with van der Waals surface area (Å²) in [4.78, 5) is 178. The Kier molecular flexibility index (Phi) is 31.5. The second kappa shape index (κ2) is 34.8. The third-order valence-electron chi connectivity index (χ3n) is 16.3. The van der Waals surface area contributed by atoms with Crippen molar-refractivity contribution in [2.24, 2.45) is 53.3 Å². The van der Waals surface area contributed by atoms with Gasteiger partial charge in [-0.2, -0.15) is 0 Å². The number of nitrogens with one attached hydrogen (secondary N) is 4. The number of nitrogens with zero attached hydrogens (tertiary/aromatic N) is 6. The standard InChI is InChI=1S/C61H108N10O14/c1-24-42-51(74)38(14)39(15)56(79)67(18)44(28-33(4)5)55(78)65-49(36(10)11)60(83)68(19)43(27-32(2)3)54(77)63-40(16)52(75)62-31-47(72)66(17)45(29-34(6)7)58(81)69(20)46(30-35(8)9)59(82)70(21)50(37(12)13)61(84)71(22)57(80)41(53(76)64-42)25-26-48(73)85-23/h32-46,49-50,57,80H,24-31H2,1-23H3,(H,62,75)(H,63,77)(H,64,76)(H,65,78). The number of hydrogen-bond donors (Lipinski definition) is 5.